The van der Waals surface area contributed by atoms with Gasteiger partial charge in [0.05, 0.1) is 0 Å². The van der Waals surface area contributed by atoms with E-state index in [1.165, 1.54) is 31.2 Å². The van der Waals surface area contributed by atoms with Crippen molar-refractivity contribution < 1.29 is 0 Å². The third-order valence-electron chi connectivity index (χ3n) is 4.29. The van der Waals surface area contributed by atoms with E-state index in [0.29, 0.717) is 6.54 Å². The van der Waals surface area contributed by atoms with E-state index in [0.717, 1.165) is 23.4 Å². The van der Waals surface area contributed by atoms with Crippen LogP contribution >= 0.6 is 15.9 Å². The normalized spacial score (nSPS) is 18.9. The number of nitrogens with one attached hydrogen (secondary N) is 1. The van der Waals surface area contributed by atoms with Crippen molar-refractivity contribution in [3.8, 4) is 0 Å². The van der Waals surface area contributed by atoms with Crippen molar-refractivity contribution >= 4 is 15.9 Å². The molecule has 1 aliphatic carbocycles. The van der Waals surface area contributed by atoms with Crippen LogP contribution in [0.3, 0.4) is 0 Å². The third-order valence-corrected chi connectivity index (χ3v) is 4.82. The molecular weight excluding hydrogens is 300 g/mol. The molecule has 0 bridgehead atoms. The Kier molecular flexibility index (Phi) is 5.43. The first-order valence-electron chi connectivity index (χ1n) is 7.31. The van der Waals surface area contributed by atoms with Crippen LogP contribution in [0.1, 0.15) is 38.2 Å². The zero-order valence-electron chi connectivity index (χ0n) is 11.8. The number of hydrogen-bond donors (Lipinski definition) is 2. The maximum atomic E-state index is 5.98. The fraction of sp³-hybridized carbons (Fsp3) is 0.625. The molecule has 2 rings (SSSR count). The van der Waals surface area contributed by atoms with Crippen LogP contribution < -0.4 is 11.1 Å². The van der Waals surface area contributed by atoms with Crippen molar-refractivity contribution in [2.24, 2.45) is 11.7 Å². The van der Waals surface area contributed by atoms with E-state index < -0.39 is 0 Å². The van der Waals surface area contributed by atoms with E-state index >= 15 is 0 Å². The molecule has 1 aromatic carbocycles. The molecule has 1 atom stereocenters. The lowest BCUT2D eigenvalue weighted by molar-refractivity contribution is 0.270. The molecule has 19 heavy (non-hydrogen) atoms. The second kappa shape index (κ2) is 6.87. The summed E-state index contributed by atoms with van der Waals surface area (Å²) in [5.41, 5.74) is 7.33. The minimum absolute atomic E-state index is 0.0115. The summed E-state index contributed by atoms with van der Waals surface area (Å²) in [6.07, 6.45) is 6.57. The largest absolute Gasteiger partial charge is 0.329 e. The number of hydrogen-bond acceptors (Lipinski definition) is 2. The Morgan fingerprint density at radius 3 is 2.53 bits per heavy atom. The van der Waals surface area contributed by atoms with Crippen LogP contribution in [-0.4, -0.2) is 18.6 Å². The molecule has 0 amide bonds. The van der Waals surface area contributed by atoms with Crippen LogP contribution in [-0.2, 0) is 6.42 Å². The fourth-order valence-corrected chi connectivity index (χ4v) is 2.88. The van der Waals surface area contributed by atoms with E-state index in [2.05, 4.69) is 52.4 Å². The van der Waals surface area contributed by atoms with E-state index in [4.69, 9.17) is 5.73 Å². The Morgan fingerprint density at radius 1 is 1.32 bits per heavy atom. The van der Waals surface area contributed by atoms with Gasteiger partial charge in [0.15, 0.2) is 0 Å². The monoisotopic (exact) mass is 324 g/mol. The van der Waals surface area contributed by atoms with Crippen LogP contribution in [0.25, 0.3) is 0 Å². The van der Waals surface area contributed by atoms with Gasteiger partial charge in [0.2, 0.25) is 0 Å². The maximum absolute atomic E-state index is 5.98. The van der Waals surface area contributed by atoms with E-state index in [9.17, 15) is 0 Å². The van der Waals surface area contributed by atoms with Crippen LogP contribution in [0, 0.1) is 5.92 Å². The Bertz CT molecular complexity index is 386. The summed E-state index contributed by atoms with van der Waals surface area (Å²) in [6.45, 7) is 4.00. The Morgan fingerprint density at radius 2 is 2.00 bits per heavy atom. The molecule has 1 aliphatic rings. The lowest BCUT2D eigenvalue weighted by atomic mass is 9.82. The summed E-state index contributed by atoms with van der Waals surface area (Å²) in [6, 6.07) is 8.54. The topological polar surface area (TPSA) is 38.0 Å². The molecule has 0 aliphatic heterocycles. The lowest BCUT2D eigenvalue weighted by Gasteiger charge is -2.32. The Hall–Kier alpha value is -0.380. The van der Waals surface area contributed by atoms with E-state index in [1.807, 2.05) is 0 Å². The highest BCUT2D eigenvalue weighted by atomic mass is 79.9. The molecule has 2 nitrogen and oxygen atoms in total. The van der Waals surface area contributed by atoms with Gasteiger partial charge in [-0.25, -0.2) is 0 Å². The summed E-state index contributed by atoms with van der Waals surface area (Å²) in [5.74, 6) is 0.960. The Balaban J connectivity index is 1.83. The van der Waals surface area contributed by atoms with Gasteiger partial charge in [-0.05, 0) is 49.9 Å². The average molecular weight is 325 g/mol. The van der Waals surface area contributed by atoms with Crippen LogP contribution in [0.2, 0.25) is 0 Å². The van der Waals surface area contributed by atoms with Gasteiger partial charge in [-0.1, -0.05) is 47.3 Å². The first-order chi connectivity index (χ1) is 9.11. The van der Waals surface area contributed by atoms with Crippen molar-refractivity contribution in [3.63, 3.8) is 0 Å². The first kappa shape index (κ1) is 15.0. The van der Waals surface area contributed by atoms with Crippen molar-refractivity contribution in [1.29, 1.82) is 0 Å². The summed E-state index contributed by atoms with van der Waals surface area (Å²) in [5, 5.41) is 3.67. The molecule has 3 N–H and O–H groups in total. The smallest absolute Gasteiger partial charge is 0.0316 e. The second-order valence-corrected chi connectivity index (χ2v) is 7.00. The van der Waals surface area contributed by atoms with E-state index in [-0.39, 0.29) is 5.54 Å². The van der Waals surface area contributed by atoms with Gasteiger partial charge in [0, 0.05) is 16.6 Å². The minimum atomic E-state index is 0.0115. The lowest BCUT2D eigenvalue weighted by Crippen LogP contribution is -2.51. The number of nitrogens with two attached hydrogens (primary N) is 1. The molecule has 0 aromatic heterocycles. The van der Waals surface area contributed by atoms with Gasteiger partial charge in [0.25, 0.3) is 0 Å². The Labute approximate surface area is 125 Å². The SMILES string of the molecule is CC(CN)(Cc1ccc(Br)cc1)NCCC1CCC1. The number of halogens is 1. The van der Waals surface area contributed by atoms with Crippen molar-refractivity contribution in [2.45, 2.75) is 44.6 Å². The highest BCUT2D eigenvalue weighted by Gasteiger charge is 2.23. The van der Waals surface area contributed by atoms with Crippen molar-refractivity contribution in [2.75, 3.05) is 13.1 Å². The van der Waals surface area contributed by atoms with Crippen molar-refractivity contribution in [3.05, 3.63) is 34.3 Å². The molecule has 1 fully saturated rings. The van der Waals surface area contributed by atoms with Gasteiger partial charge in [-0.3, -0.25) is 0 Å². The fourth-order valence-electron chi connectivity index (χ4n) is 2.62. The number of rotatable bonds is 7. The van der Waals surface area contributed by atoms with Crippen LogP contribution in [0.5, 0.6) is 0 Å². The molecule has 0 heterocycles. The zero-order valence-corrected chi connectivity index (χ0v) is 13.4. The van der Waals surface area contributed by atoms with E-state index in [1.54, 1.807) is 0 Å². The number of benzene rings is 1. The molecule has 0 saturated heterocycles. The summed E-state index contributed by atoms with van der Waals surface area (Å²) >= 11 is 3.47. The third kappa shape index (κ3) is 4.59. The molecule has 0 spiro atoms. The van der Waals surface area contributed by atoms with Gasteiger partial charge < -0.3 is 11.1 Å². The molecule has 1 unspecified atom stereocenters. The standard InChI is InChI=1S/C16H25BrN2/c1-16(12-18,19-10-9-13-3-2-4-13)11-14-5-7-15(17)8-6-14/h5-8,13,19H,2-4,9-12,18H2,1H3. The van der Waals surface area contributed by atoms with Crippen LogP contribution in [0.4, 0.5) is 0 Å². The summed E-state index contributed by atoms with van der Waals surface area (Å²) < 4.78 is 1.13. The second-order valence-electron chi connectivity index (χ2n) is 6.08. The highest BCUT2D eigenvalue weighted by molar-refractivity contribution is 9.10. The molecule has 1 saturated carbocycles. The predicted octanol–water partition coefficient (Wildman–Crippen LogP) is 3.49. The molecule has 3 heteroatoms. The predicted molar refractivity (Wildman–Crippen MR) is 85.3 cm³/mol. The quantitative estimate of drug-likeness (QED) is 0.805. The van der Waals surface area contributed by atoms with Gasteiger partial charge in [-0.2, -0.15) is 0 Å². The maximum Gasteiger partial charge on any atom is 0.0316 e. The average Bonchev–Trinajstić information content (AvgIpc) is 2.35. The first-order valence-corrected chi connectivity index (χ1v) is 8.10. The van der Waals surface area contributed by atoms with Gasteiger partial charge in [-0.15, -0.1) is 0 Å². The van der Waals surface area contributed by atoms with Gasteiger partial charge in [0.1, 0.15) is 0 Å². The van der Waals surface area contributed by atoms with Gasteiger partial charge >= 0.3 is 0 Å². The summed E-state index contributed by atoms with van der Waals surface area (Å²) in [7, 11) is 0. The summed E-state index contributed by atoms with van der Waals surface area (Å²) in [4.78, 5) is 0. The zero-order chi connectivity index (χ0) is 13.7. The minimum Gasteiger partial charge on any atom is -0.329 e. The molecule has 1 aromatic rings. The molecule has 106 valence electrons. The molecule has 0 radical (unpaired) electrons. The highest BCUT2D eigenvalue weighted by Crippen LogP contribution is 2.29. The van der Waals surface area contributed by atoms with Crippen LogP contribution in [0.15, 0.2) is 28.7 Å². The molecular formula is C16H25BrN2. The van der Waals surface area contributed by atoms with Crippen molar-refractivity contribution in [1.82, 2.24) is 5.32 Å².